The van der Waals surface area contributed by atoms with Crippen molar-refractivity contribution in [3.05, 3.63) is 272 Å². The number of aryl methyl sites for hydroxylation is 2. The van der Waals surface area contributed by atoms with E-state index in [0.29, 0.717) is 23.7 Å². The van der Waals surface area contributed by atoms with Gasteiger partial charge in [0.2, 0.25) is 5.52 Å². The number of para-hydroxylation sites is 5. The van der Waals surface area contributed by atoms with Crippen LogP contribution in [0, 0.1) is 0 Å². The van der Waals surface area contributed by atoms with Crippen LogP contribution in [0.15, 0.2) is 257 Å². The lowest BCUT2D eigenvalue weighted by Crippen LogP contribution is -2.30. The van der Waals surface area contributed by atoms with Crippen molar-refractivity contribution in [2.24, 2.45) is 14.0 Å². The number of benzene rings is 6. The molecule has 0 aliphatic carbocycles. The summed E-state index contributed by atoms with van der Waals surface area (Å²) in [6.45, 7) is 2.04. The summed E-state index contributed by atoms with van der Waals surface area (Å²) in [5.74, 6) is 1.58. The zero-order valence-corrected chi connectivity index (χ0v) is 58.1. The molecule has 0 spiro atoms. The van der Waals surface area contributed by atoms with Crippen LogP contribution in [-0.4, -0.2) is 38.6 Å². The number of hydrogen-bond donors (Lipinski definition) is 0. The van der Waals surface area contributed by atoms with Gasteiger partial charge in [-0.15, -0.1) is 20.5 Å². The first-order valence-corrected chi connectivity index (χ1v) is 37.1. The van der Waals surface area contributed by atoms with E-state index in [0.717, 1.165) is 75.9 Å². The molecule has 6 aromatic carbocycles. The lowest BCUT2D eigenvalue weighted by atomic mass is 10.2. The van der Waals surface area contributed by atoms with Crippen molar-refractivity contribution in [3.8, 4) is 60.3 Å². The highest BCUT2D eigenvalue weighted by molar-refractivity contribution is 7.42. The van der Waals surface area contributed by atoms with E-state index in [9.17, 15) is 0 Å². The number of rotatable bonds is 1. The molecule has 0 radical (unpaired) electrons. The molecule has 16 nitrogen and oxygen atoms in total. The van der Waals surface area contributed by atoms with Crippen LogP contribution in [0.1, 0.15) is 31.9 Å². The maximum atomic E-state index is 7.87. The van der Waals surface area contributed by atoms with E-state index in [1.807, 2.05) is 138 Å². The molecule has 0 fully saturated rings. The average Bonchev–Trinajstić information content (AvgIpc) is 1.57. The Hall–Kier alpha value is -12.2. The smallest absolute Gasteiger partial charge is 0.385 e. The number of oxazole rings is 2. The van der Waals surface area contributed by atoms with Gasteiger partial charge in [-0.1, -0.05) is 90.2 Å². The predicted octanol–water partition coefficient (Wildman–Crippen LogP) is 17.0. The first-order valence-electron chi connectivity index (χ1n) is 35.4. The third kappa shape index (κ3) is 8.72. The maximum Gasteiger partial charge on any atom is 0.385 e. The van der Waals surface area contributed by atoms with Gasteiger partial charge in [0.15, 0.2) is 41.6 Å². The molecule has 490 valence electrons. The number of thiophene rings is 1. The monoisotopic (exact) mass is 1410 g/mol. The largest absolute Gasteiger partial charge is 0.439 e. The number of thiazole rings is 3. The van der Waals surface area contributed by atoms with E-state index in [-0.39, 0.29) is 0 Å². The highest BCUT2D eigenvalue weighted by Crippen LogP contribution is 2.45. The second-order valence-electron chi connectivity index (χ2n) is 26.2. The summed E-state index contributed by atoms with van der Waals surface area (Å²) in [5, 5.41) is 9.92. The fourth-order valence-corrected chi connectivity index (χ4v) is 21.1. The Balaban J connectivity index is 0.0000000830. The Morgan fingerprint density at radius 3 is 1.40 bits per heavy atom. The number of fused-ring (bicyclic) bond motifs is 35. The van der Waals surface area contributed by atoms with Crippen molar-refractivity contribution in [1.29, 1.82) is 0 Å². The van der Waals surface area contributed by atoms with Crippen LogP contribution in [0.2, 0.25) is 0 Å². The summed E-state index contributed by atoms with van der Waals surface area (Å²) in [6.07, 6.45) is 18.8. The van der Waals surface area contributed by atoms with E-state index in [1.54, 1.807) is 23.7 Å². The molecular formula is C83H56N13O3S4+5. The number of pyridine rings is 5. The van der Waals surface area contributed by atoms with Crippen molar-refractivity contribution < 1.29 is 40.2 Å². The lowest BCUT2D eigenvalue weighted by molar-refractivity contribution is -0.648. The van der Waals surface area contributed by atoms with Gasteiger partial charge in [-0.3, -0.25) is 29.5 Å². The van der Waals surface area contributed by atoms with Crippen molar-refractivity contribution >= 4 is 152 Å². The first kappa shape index (κ1) is 55.6. The minimum Gasteiger partial charge on any atom is -0.439 e. The molecule has 0 atom stereocenters. The van der Waals surface area contributed by atoms with Gasteiger partial charge in [-0.2, -0.15) is 13.7 Å². The minimum atomic E-state index is -2.30. The van der Waals surface area contributed by atoms with E-state index in [1.165, 1.54) is 132 Å². The van der Waals surface area contributed by atoms with Crippen LogP contribution < -0.4 is 22.8 Å². The minimum absolute atomic E-state index is 0.385. The quantitative estimate of drug-likeness (QED) is 0.148. The molecule has 20 heteroatoms. The third-order valence-electron chi connectivity index (χ3n) is 20.6. The molecule has 21 aromatic rings. The Labute approximate surface area is 605 Å². The number of aromatic nitrogens is 13. The van der Waals surface area contributed by atoms with Gasteiger partial charge >= 0.3 is 11.8 Å². The lowest BCUT2D eigenvalue weighted by Gasteiger charge is -2.04. The Kier molecular flexibility index (Phi) is 12.2. The van der Waals surface area contributed by atoms with Gasteiger partial charge in [0, 0.05) is 118 Å². The molecule has 0 saturated carbocycles. The average molecular weight is 1410 g/mol. The normalized spacial score (nSPS) is 13.5. The molecule has 5 aliphatic heterocycles. The van der Waals surface area contributed by atoms with E-state index < -0.39 is 6.98 Å². The molecule has 20 heterocycles. The zero-order valence-electron chi connectivity index (χ0n) is 57.8. The summed E-state index contributed by atoms with van der Waals surface area (Å²) in [7, 11) is 2.05. The second kappa shape index (κ2) is 22.7. The molecule has 15 aromatic heterocycles. The Bertz CT molecular complexity index is 7090. The van der Waals surface area contributed by atoms with Gasteiger partial charge in [0.1, 0.15) is 16.7 Å². The summed E-state index contributed by atoms with van der Waals surface area (Å²) in [4.78, 5) is 23.5. The molecule has 0 unspecified atom stereocenters. The third-order valence-corrected chi connectivity index (χ3v) is 25.4. The maximum absolute atomic E-state index is 7.87. The highest BCUT2D eigenvalue weighted by atomic mass is 32.2. The molecule has 0 amide bonds. The topological polar surface area (TPSA) is 138 Å². The van der Waals surface area contributed by atoms with Crippen LogP contribution in [0.4, 0.5) is 0 Å². The number of furan rings is 1. The fourth-order valence-electron chi connectivity index (χ4n) is 15.9. The summed E-state index contributed by atoms with van der Waals surface area (Å²) < 4.78 is 61.8. The first-order chi connectivity index (χ1) is 52.1. The van der Waals surface area contributed by atoms with Crippen molar-refractivity contribution in [1.82, 2.24) is 38.6 Å². The van der Waals surface area contributed by atoms with Gasteiger partial charge in [-0.05, 0) is 126 Å². The van der Waals surface area contributed by atoms with Crippen LogP contribution >= 0.6 is 45.3 Å². The standard InChI is InChI=1S/C21H14N3S.2C16H12N3O.C15H9N2OS.C15H9N2S2/c1-2-6-15(7-3-1)24-18-9-5-4-8-16(18)19-21(24)25-20-17-12-22-11-10-14(17)13-23(19)20;2*1-18-13-5-3-2-4-11(13)14-16(18)20-15-12-8-17-7-6-10(12)9-19(14)15;2*1-2-4-12-10(3-1)13-15(18-12)19-14-11-7-16-6-5-9(11)8-17(13)14/h1-12H,13H2;2*2-8H,9H2,1H3;2*1-7H,8H2/q5*+1/i;1D3;;;. The van der Waals surface area contributed by atoms with Gasteiger partial charge < -0.3 is 22.4 Å². The van der Waals surface area contributed by atoms with E-state index >= 15 is 0 Å². The molecular weight excluding hydrogens is 1360 g/mol. The van der Waals surface area contributed by atoms with Crippen LogP contribution in [-0.2, 0) is 46.7 Å². The molecule has 0 bridgehead atoms. The molecule has 5 aliphatic rings. The SMILES string of the molecule is Cn1c2ccccc2c2c1oc1[n+]2Cc2ccncc2-1.[2H]C([2H])([2H])n1c2ccccc2c2c1oc1[n+]2Cc2ccncc2-1.c1ccc(-n2c3ccccc3c3c2sc2[n+]3Cc3ccncc3-2)cc1.c1ccc2c(c1)oc1sc3[n+](c12)Cc1ccncc1-3.c1ccc2c(c1)sc1sc3[n+](c12)Cc1ccncc1-3. The summed E-state index contributed by atoms with van der Waals surface area (Å²) in [6, 6.07) is 62.6. The number of hydrogen-bond acceptors (Lipinski definition) is 12. The van der Waals surface area contributed by atoms with Gasteiger partial charge in [-0.25, -0.2) is 0 Å². The zero-order chi connectivity index (χ0) is 70.2. The van der Waals surface area contributed by atoms with E-state index in [4.69, 9.17) is 17.4 Å². The second-order valence-corrected chi connectivity index (χ2v) is 30.4. The highest BCUT2D eigenvalue weighted by Gasteiger charge is 2.41. The van der Waals surface area contributed by atoms with Crippen LogP contribution in [0.25, 0.3) is 167 Å². The van der Waals surface area contributed by atoms with Crippen LogP contribution in [0.3, 0.4) is 0 Å². The summed E-state index contributed by atoms with van der Waals surface area (Å²) in [5.41, 5.74) is 24.9. The van der Waals surface area contributed by atoms with Gasteiger partial charge in [0.05, 0.1) is 60.2 Å². The van der Waals surface area contributed by atoms with Crippen LogP contribution in [0.5, 0.6) is 0 Å². The fraction of sp³-hybridized carbons (Fsp3) is 0.0843. The van der Waals surface area contributed by atoms with Crippen molar-refractivity contribution in [2.75, 3.05) is 0 Å². The summed E-state index contributed by atoms with van der Waals surface area (Å²) >= 11 is 7.37. The van der Waals surface area contributed by atoms with Crippen molar-refractivity contribution in [3.63, 3.8) is 0 Å². The molecule has 103 heavy (non-hydrogen) atoms. The molecule has 26 rings (SSSR count). The van der Waals surface area contributed by atoms with Gasteiger partial charge in [0.25, 0.3) is 53.4 Å². The molecule has 0 N–H and O–H groups in total. The van der Waals surface area contributed by atoms with E-state index in [2.05, 4.69) is 192 Å². The Morgan fingerprint density at radius 1 is 0.369 bits per heavy atom. The Morgan fingerprint density at radius 2 is 0.806 bits per heavy atom. The molecule has 0 saturated heterocycles. The predicted molar refractivity (Wildman–Crippen MR) is 405 cm³/mol. The van der Waals surface area contributed by atoms with Crippen molar-refractivity contribution in [2.45, 2.75) is 32.7 Å². The number of nitrogens with zero attached hydrogens (tertiary/aromatic N) is 13.